The molecule has 13 heavy (non-hydrogen) atoms. The fraction of sp³-hybridized carbons (Fsp3) is 1.00. The minimum atomic E-state index is 0.841. The first-order valence-electron chi connectivity index (χ1n) is 5.20. The van der Waals surface area contributed by atoms with E-state index < -0.39 is 0 Å². The van der Waals surface area contributed by atoms with Gasteiger partial charge < -0.3 is 15.0 Å². The summed E-state index contributed by atoms with van der Waals surface area (Å²) in [5.74, 6) is 0. The molecule has 0 bridgehead atoms. The highest BCUT2D eigenvalue weighted by Crippen LogP contribution is 1.86. The van der Waals surface area contributed by atoms with Crippen molar-refractivity contribution in [2.24, 2.45) is 0 Å². The number of unbranched alkanes of at least 4 members (excludes halogenated alkanes) is 1. The highest BCUT2D eigenvalue weighted by molar-refractivity contribution is 4.49. The van der Waals surface area contributed by atoms with E-state index in [0.717, 1.165) is 32.8 Å². The Bertz CT molecular complexity index is 96.9. The molecule has 0 aromatic rings. The molecule has 0 aliphatic heterocycles. The largest absolute Gasteiger partial charge is 0.380 e. The van der Waals surface area contributed by atoms with Crippen molar-refractivity contribution in [1.29, 1.82) is 0 Å². The van der Waals surface area contributed by atoms with Crippen LogP contribution in [-0.2, 0) is 4.74 Å². The first-order chi connectivity index (χ1) is 6.27. The Hall–Kier alpha value is -0.120. The molecule has 0 amide bonds. The zero-order chi connectivity index (χ0) is 9.94. The maximum absolute atomic E-state index is 5.40. The van der Waals surface area contributed by atoms with E-state index in [9.17, 15) is 0 Å². The first kappa shape index (κ1) is 12.9. The third kappa shape index (κ3) is 11.9. The molecular formula is C10H24N2O. The van der Waals surface area contributed by atoms with E-state index in [0.29, 0.717) is 0 Å². The van der Waals surface area contributed by atoms with Gasteiger partial charge in [0, 0.05) is 26.2 Å². The predicted octanol–water partition coefficient (Wildman–Crippen LogP) is 0.954. The van der Waals surface area contributed by atoms with Crippen LogP contribution in [0.5, 0.6) is 0 Å². The number of rotatable bonds is 9. The summed E-state index contributed by atoms with van der Waals surface area (Å²) in [6.07, 6.45) is 2.39. The number of hydrogen-bond acceptors (Lipinski definition) is 3. The highest BCUT2D eigenvalue weighted by atomic mass is 16.5. The number of hydrogen-bond donors (Lipinski definition) is 1. The summed E-state index contributed by atoms with van der Waals surface area (Å²) in [5.41, 5.74) is 0. The summed E-state index contributed by atoms with van der Waals surface area (Å²) in [6.45, 7) is 7.04. The zero-order valence-corrected chi connectivity index (χ0v) is 9.31. The van der Waals surface area contributed by atoms with Gasteiger partial charge in [0.1, 0.15) is 0 Å². The summed E-state index contributed by atoms with van der Waals surface area (Å²) in [4.78, 5) is 2.17. The Labute approximate surface area is 82.4 Å². The molecule has 0 radical (unpaired) electrons. The van der Waals surface area contributed by atoms with Crippen LogP contribution in [0, 0.1) is 0 Å². The number of likely N-dealkylation sites (N-methyl/N-ethyl adjacent to an activating group) is 1. The van der Waals surface area contributed by atoms with E-state index in [4.69, 9.17) is 4.74 Å². The van der Waals surface area contributed by atoms with E-state index >= 15 is 0 Å². The Balaban J connectivity index is 2.84. The quantitative estimate of drug-likeness (QED) is 0.545. The number of nitrogens with one attached hydrogen (secondary N) is 1. The minimum Gasteiger partial charge on any atom is -0.380 e. The van der Waals surface area contributed by atoms with Crippen molar-refractivity contribution >= 4 is 0 Å². The fourth-order valence-corrected chi connectivity index (χ4v) is 0.920. The number of nitrogens with zero attached hydrogens (tertiary/aromatic N) is 1. The second-order valence-corrected chi connectivity index (χ2v) is 3.52. The predicted molar refractivity (Wildman–Crippen MR) is 57.2 cm³/mol. The van der Waals surface area contributed by atoms with Crippen molar-refractivity contribution in [2.75, 3.05) is 46.9 Å². The van der Waals surface area contributed by atoms with Gasteiger partial charge in [0.15, 0.2) is 0 Å². The summed E-state index contributed by atoms with van der Waals surface area (Å²) in [7, 11) is 4.17. The molecule has 3 nitrogen and oxygen atoms in total. The normalized spacial score (nSPS) is 11.1. The molecule has 80 valence electrons. The van der Waals surface area contributed by atoms with Crippen molar-refractivity contribution in [1.82, 2.24) is 10.2 Å². The van der Waals surface area contributed by atoms with Gasteiger partial charge in [-0.05, 0) is 20.5 Å². The van der Waals surface area contributed by atoms with Crippen molar-refractivity contribution in [3.8, 4) is 0 Å². The minimum absolute atomic E-state index is 0.841. The molecule has 0 unspecified atom stereocenters. The molecule has 0 aromatic carbocycles. The summed E-state index contributed by atoms with van der Waals surface area (Å²) >= 11 is 0. The molecule has 0 aliphatic carbocycles. The van der Waals surface area contributed by atoms with E-state index in [1.807, 2.05) is 0 Å². The molecule has 0 aliphatic rings. The molecular weight excluding hydrogens is 164 g/mol. The van der Waals surface area contributed by atoms with Crippen LogP contribution in [0.4, 0.5) is 0 Å². The van der Waals surface area contributed by atoms with Crippen LogP contribution in [0.2, 0.25) is 0 Å². The van der Waals surface area contributed by atoms with Crippen molar-refractivity contribution in [2.45, 2.75) is 19.8 Å². The van der Waals surface area contributed by atoms with E-state index in [1.54, 1.807) is 0 Å². The third-order valence-corrected chi connectivity index (χ3v) is 1.80. The molecule has 0 saturated carbocycles. The Morgan fingerprint density at radius 3 is 2.54 bits per heavy atom. The topological polar surface area (TPSA) is 24.5 Å². The molecule has 0 atom stereocenters. The summed E-state index contributed by atoms with van der Waals surface area (Å²) in [5, 5.41) is 3.33. The molecule has 1 N–H and O–H groups in total. The SMILES string of the molecule is CCCCOCCNCCN(C)C. The number of ether oxygens (including phenoxy) is 1. The van der Waals surface area contributed by atoms with Gasteiger partial charge in [0.2, 0.25) is 0 Å². The van der Waals surface area contributed by atoms with Crippen molar-refractivity contribution < 1.29 is 4.74 Å². The lowest BCUT2D eigenvalue weighted by Crippen LogP contribution is -2.29. The third-order valence-electron chi connectivity index (χ3n) is 1.80. The van der Waals surface area contributed by atoms with Gasteiger partial charge >= 0.3 is 0 Å². The van der Waals surface area contributed by atoms with Crippen LogP contribution in [0.1, 0.15) is 19.8 Å². The molecule has 0 spiro atoms. The second-order valence-electron chi connectivity index (χ2n) is 3.52. The lowest BCUT2D eigenvalue weighted by atomic mass is 10.4. The van der Waals surface area contributed by atoms with Crippen LogP contribution in [-0.4, -0.2) is 51.8 Å². The fourth-order valence-electron chi connectivity index (χ4n) is 0.920. The lowest BCUT2D eigenvalue weighted by molar-refractivity contribution is 0.132. The van der Waals surface area contributed by atoms with Gasteiger partial charge in [-0.2, -0.15) is 0 Å². The average Bonchev–Trinajstić information content (AvgIpc) is 2.09. The van der Waals surface area contributed by atoms with Gasteiger partial charge in [-0.25, -0.2) is 0 Å². The van der Waals surface area contributed by atoms with Crippen LogP contribution in [0.25, 0.3) is 0 Å². The zero-order valence-electron chi connectivity index (χ0n) is 9.31. The molecule has 0 rings (SSSR count). The molecule has 0 heterocycles. The van der Waals surface area contributed by atoms with Gasteiger partial charge in [-0.15, -0.1) is 0 Å². The molecule has 3 heteroatoms. The standard InChI is InChI=1S/C10H24N2O/c1-4-5-9-13-10-7-11-6-8-12(2)3/h11H,4-10H2,1-3H3. The Morgan fingerprint density at radius 1 is 1.15 bits per heavy atom. The van der Waals surface area contributed by atoms with E-state index in [2.05, 4.69) is 31.2 Å². The molecule has 0 fully saturated rings. The van der Waals surface area contributed by atoms with Gasteiger partial charge in [-0.3, -0.25) is 0 Å². The maximum Gasteiger partial charge on any atom is 0.0590 e. The summed E-state index contributed by atoms with van der Waals surface area (Å²) < 4.78 is 5.40. The lowest BCUT2D eigenvalue weighted by Gasteiger charge is -2.10. The Kier molecular flexibility index (Phi) is 9.87. The highest BCUT2D eigenvalue weighted by Gasteiger charge is 1.90. The van der Waals surface area contributed by atoms with Crippen molar-refractivity contribution in [3.05, 3.63) is 0 Å². The average molecular weight is 188 g/mol. The van der Waals surface area contributed by atoms with Gasteiger partial charge in [0.05, 0.1) is 6.61 Å². The van der Waals surface area contributed by atoms with Crippen LogP contribution >= 0.6 is 0 Å². The van der Waals surface area contributed by atoms with Crippen LogP contribution in [0.15, 0.2) is 0 Å². The smallest absolute Gasteiger partial charge is 0.0590 e. The van der Waals surface area contributed by atoms with Crippen LogP contribution < -0.4 is 5.32 Å². The van der Waals surface area contributed by atoms with Crippen molar-refractivity contribution in [3.63, 3.8) is 0 Å². The summed E-state index contributed by atoms with van der Waals surface area (Å²) in [6, 6.07) is 0. The van der Waals surface area contributed by atoms with Gasteiger partial charge in [-0.1, -0.05) is 13.3 Å². The van der Waals surface area contributed by atoms with Crippen LogP contribution in [0.3, 0.4) is 0 Å². The second kappa shape index (κ2) is 9.96. The van der Waals surface area contributed by atoms with Gasteiger partial charge in [0.25, 0.3) is 0 Å². The maximum atomic E-state index is 5.40. The van der Waals surface area contributed by atoms with E-state index in [-0.39, 0.29) is 0 Å². The molecule has 0 saturated heterocycles. The Morgan fingerprint density at radius 2 is 1.92 bits per heavy atom. The monoisotopic (exact) mass is 188 g/mol. The van der Waals surface area contributed by atoms with E-state index in [1.165, 1.54) is 12.8 Å². The molecule has 0 aromatic heterocycles. The first-order valence-corrected chi connectivity index (χ1v) is 5.20.